The molecule has 0 aromatic carbocycles. The number of rotatable bonds is 16. The fourth-order valence-corrected chi connectivity index (χ4v) is 2.70. The van der Waals surface area contributed by atoms with Crippen molar-refractivity contribution < 1.29 is 19.8 Å². The predicted molar refractivity (Wildman–Crippen MR) is 110 cm³/mol. The standard InChI is InChI=1S/2C11H22O2.Ca/c2*1-10(2)8-6-4-3-5-7-9-11(12)13;/h2*10H,3-9H2,1-2H3,(H,12,13);/q;;+2/p-2. The van der Waals surface area contributed by atoms with Gasteiger partial charge in [-0.25, -0.2) is 0 Å². The van der Waals surface area contributed by atoms with Crippen LogP contribution in [0.25, 0.3) is 0 Å². The number of carboxylic acids is 2. The second-order valence-electron chi connectivity index (χ2n) is 8.14. The fraction of sp³-hybridized carbons (Fsp3) is 0.909. The molecule has 0 amide bonds. The van der Waals surface area contributed by atoms with Gasteiger partial charge in [0.2, 0.25) is 0 Å². The third kappa shape index (κ3) is 37.6. The van der Waals surface area contributed by atoms with E-state index in [4.69, 9.17) is 0 Å². The number of carbonyl (C=O) groups excluding carboxylic acids is 2. The van der Waals surface area contributed by atoms with Crippen LogP contribution in [-0.4, -0.2) is 49.7 Å². The first-order valence-corrected chi connectivity index (χ1v) is 10.6. The summed E-state index contributed by atoms with van der Waals surface area (Å²) >= 11 is 0. The van der Waals surface area contributed by atoms with Gasteiger partial charge in [0.15, 0.2) is 0 Å². The van der Waals surface area contributed by atoms with Gasteiger partial charge in [-0.2, -0.15) is 0 Å². The Morgan fingerprint density at radius 3 is 1.07 bits per heavy atom. The van der Waals surface area contributed by atoms with Crippen LogP contribution in [0, 0.1) is 11.8 Å². The summed E-state index contributed by atoms with van der Waals surface area (Å²) in [4.78, 5) is 20.1. The fourth-order valence-electron chi connectivity index (χ4n) is 2.70. The molecule has 0 heterocycles. The zero-order chi connectivity index (χ0) is 20.2. The van der Waals surface area contributed by atoms with Gasteiger partial charge < -0.3 is 19.8 Å². The maximum absolute atomic E-state index is 10.1. The van der Waals surface area contributed by atoms with Crippen molar-refractivity contribution in [3.05, 3.63) is 0 Å². The van der Waals surface area contributed by atoms with Crippen LogP contribution in [0.2, 0.25) is 0 Å². The quantitative estimate of drug-likeness (QED) is 0.286. The average molecular weight is 411 g/mol. The molecule has 27 heavy (non-hydrogen) atoms. The molecular weight excluding hydrogens is 368 g/mol. The van der Waals surface area contributed by atoms with E-state index in [-0.39, 0.29) is 50.6 Å². The van der Waals surface area contributed by atoms with Crippen molar-refractivity contribution in [2.45, 2.75) is 118 Å². The van der Waals surface area contributed by atoms with Crippen LogP contribution in [0.3, 0.4) is 0 Å². The maximum Gasteiger partial charge on any atom is 2.00 e. The van der Waals surface area contributed by atoms with Crippen molar-refractivity contribution in [1.29, 1.82) is 0 Å². The molecule has 0 bridgehead atoms. The molecule has 0 aromatic heterocycles. The smallest absolute Gasteiger partial charge is 0.550 e. The second kappa shape index (κ2) is 24.2. The van der Waals surface area contributed by atoms with E-state index in [1.165, 1.54) is 51.4 Å². The van der Waals surface area contributed by atoms with Gasteiger partial charge in [-0.15, -0.1) is 0 Å². The molecule has 0 radical (unpaired) electrons. The molecule has 0 saturated heterocycles. The van der Waals surface area contributed by atoms with E-state index in [2.05, 4.69) is 27.7 Å². The molecule has 0 atom stereocenters. The van der Waals surface area contributed by atoms with Crippen molar-refractivity contribution >= 4 is 49.7 Å². The third-order valence-electron chi connectivity index (χ3n) is 4.32. The molecule has 0 aliphatic rings. The first-order chi connectivity index (χ1) is 12.3. The molecule has 0 unspecified atom stereocenters. The molecule has 0 aromatic rings. The first kappa shape index (κ1) is 31.9. The number of hydrogen-bond donors (Lipinski definition) is 0. The normalized spacial score (nSPS) is 10.3. The number of unbranched alkanes of at least 4 members (excludes halogenated alkanes) is 8. The van der Waals surface area contributed by atoms with Gasteiger partial charge in [-0.05, 0) is 37.5 Å². The Balaban J connectivity index is -0.000000411. The van der Waals surface area contributed by atoms with Crippen molar-refractivity contribution in [2.75, 3.05) is 0 Å². The maximum atomic E-state index is 10.1. The summed E-state index contributed by atoms with van der Waals surface area (Å²) in [5, 5.41) is 20.1. The Morgan fingerprint density at radius 2 is 0.815 bits per heavy atom. The minimum atomic E-state index is -0.915. The molecule has 0 spiro atoms. The topological polar surface area (TPSA) is 80.3 Å². The van der Waals surface area contributed by atoms with E-state index in [1.807, 2.05) is 0 Å². The van der Waals surface area contributed by atoms with E-state index >= 15 is 0 Å². The summed E-state index contributed by atoms with van der Waals surface area (Å²) < 4.78 is 0. The van der Waals surface area contributed by atoms with Crippen LogP contribution in [0.4, 0.5) is 0 Å². The van der Waals surface area contributed by atoms with Crippen LogP contribution in [0.1, 0.15) is 118 Å². The van der Waals surface area contributed by atoms with E-state index in [9.17, 15) is 19.8 Å². The summed E-state index contributed by atoms with van der Waals surface area (Å²) in [7, 11) is 0. The molecule has 156 valence electrons. The van der Waals surface area contributed by atoms with Crippen LogP contribution in [-0.2, 0) is 9.59 Å². The molecule has 5 heteroatoms. The van der Waals surface area contributed by atoms with Crippen molar-refractivity contribution in [2.24, 2.45) is 11.8 Å². The molecule has 0 aliphatic heterocycles. The summed E-state index contributed by atoms with van der Waals surface area (Å²) in [5.74, 6) is -0.240. The number of hydrogen-bond acceptors (Lipinski definition) is 4. The van der Waals surface area contributed by atoms with Crippen LogP contribution >= 0.6 is 0 Å². The molecular formula is C22H42CaO4. The summed E-state index contributed by atoms with van der Waals surface area (Å²) in [5.41, 5.74) is 0. The van der Waals surface area contributed by atoms with Gasteiger partial charge in [0.25, 0.3) is 0 Å². The minimum Gasteiger partial charge on any atom is -0.550 e. The molecule has 0 saturated carbocycles. The van der Waals surface area contributed by atoms with Crippen LogP contribution in [0.5, 0.6) is 0 Å². The zero-order valence-corrected chi connectivity index (χ0v) is 20.6. The summed E-state index contributed by atoms with van der Waals surface area (Å²) in [6.07, 6.45) is 14.0. The molecule has 0 rings (SSSR count). The summed E-state index contributed by atoms with van der Waals surface area (Å²) in [6.45, 7) is 8.93. The van der Waals surface area contributed by atoms with Crippen molar-refractivity contribution in [1.82, 2.24) is 0 Å². The minimum absolute atomic E-state index is 0. The van der Waals surface area contributed by atoms with Crippen LogP contribution < -0.4 is 10.2 Å². The second-order valence-corrected chi connectivity index (χ2v) is 8.14. The Kier molecular flexibility index (Phi) is 28.6. The van der Waals surface area contributed by atoms with Crippen LogP contribution in [0.15, 0.2) is 0 Å². The Bertz CT molecular complexity index is 298. The SMILES string of the molecule is CC(C)CCCCCCCC(=O)[O-].CC(C)CCCCCCCC(=O)[O-].[Ca+2]. The van der Waals surface area contributed by atoms with E-state index in [1.54, 1.807) is 0 Å². The van der Waals surface area contributed by atoms with Gasteiger partial charge in [-0.1, -0.05) is 91.9 Å². The monoisotopic (exact) mass is 410 g/mol. The third-order valence-corrected chi connectivity index (χ3v) is 4.32. The van der Waals surface area contributed by atoms with Gasteiger partial charge in [0.05, 0.1) is 0 Å². The number of aliphatic carboxylic acids is 2. The zero-order valence-electron chi connectivity index (χ0n) is 18.4. The van der Waals surface area contributed by atoms with Gasteiger partial charge in [-0.3, -0.25) is 0 Å². The van der Waals surface area contributed by atoms with Crippen molar-refractivity contribution in [3.63, 3.8) is 0 Å². The Labute approximate surface area is 197 Å². The molecule has 0 N–H and O–H groups in total. The van der Waals surface area contributed by atoms with Gasteiger partial charge >= 0.3 is 37.7 Å². The number of carboxylic acid groups (broad SMARTS) is 2. The van der Waals surface area contributed by atoms with Crippen molar-refractivity contribution in [3.8, 4) is 0 Å². The summed E-state index contributed by atoms with van der Waals surface area (Å²) in [6, 6.07) is 0. The van der Waals surface area contributed by atoms with Gasteiger partial charge in [0, 0.05) is 11.9 Å². The predicted octanol–water partition coefficient (Wildman–Crippen LogP) is 3.87. The molecule has 0 fully saturated rings. The van der Waals surface area contributed by atoms with E-state index in [0.29, 0.717) is 0 Å². The van der Waals surface area contributed by atoms with Gasteiger partial charge in [0.1, 0.15) is 0 Å². The largest absolute Gasteiger partial charge is 2.00 e. The van der Waals surface area contributed by atoms with E-state index < -0.39 is 11.9 Å². The Morgan fingerprint density at radius 1 is 0.556 bits per heavy atom. The van der Waals surface area contributed by atoms with E-state index in [0.717, 1.165) is 37.5 Å². The average Bonchev–Trinajstić information content (AvgIpc) is 2.52. The molecule has 4 nitrogen and oxygen atoms in total. The Hall–Kier alpha value is 0.200. The number of carbonyl (C=O) groups is 2. The molecule has 0 aliphatic carbocycles. The first-order valence-electron chi connectivity index (χ1n) is 10.6.